The van der Waals surface area contributed by atoms with Crippen molar-refractivity contribution in [1.29, 1.82) is 0 Å². The molecule has 0 radical (unpaired) electrons. The van der Waals surface area contributed by atoms with E-state index in [2.05, 4.69) is 18.9 Å². The molecule has 1 aliphatic carbocycles. The lowest BCUT2D eigenvalue weighted by Gasteiger charge is -2.34. The van der Waals surface area contributed by atoms with Crippen molar-refractivity contribution in [2.24, 2.45) is 0 Å². The highest BCUT2D eigenvalue weighted by Gasteiger charge is 2.27. The third-order valence-electron chi connectivity index (χ3n) is 5.68. The Morgan fingerprint density at radius 2 is 1.69 bits per heavy atom. The zero-order valence-electron chi connectivity index (χ0n) is 18.2. The highest BCUT2D eigenvalue weighted by Crippen LogP contribution is 2.25. The average Bonchev–Trinajstić information content (AvgIpc) is 2.73. The van der Waals surface area contributed by atoms with E-state index in [9.17, 15) is 4.79 Å². The van der Waals surface area contributed by atoms with Gasteiger partial charge in [-0.05, 0) is 76.4 Å². The Bertz CT molecular complexity index is 588. The predicted octanol–water partition coefficient (Wildman–Crippen LogP) is 5.61. The second-order valence-electron chi connectivity index (χ2n) is 8.10. The van der Waals surface area contributed by atoms with Crippen LogP contribution in [-0.2, 0) is 4.74 Å². The van der Waals surface area contributed by atoms with E-state index in [1.807, 2.05) is 7.05 Å². The molecule has 1 aromatic carbocycles. The third kappa shape index (κ3) is 8.93. The maximum atomic E-state index is 12.4. The Morgan fingerprint density at radius 3 is 2.34 bits per heavy atom. The van der Waals surface area contributed by atoms with Crippen molar-refractivity contribution in [2.75, 3.05) is 33.8 Å². The van der Waals surface area contributed by atoms with Crippen LogP contribution in [0.2, 0.25) is 5.02 Å². The largest absolute Gasteiger partial charge is 0.415 e. The number of hydrogen-bond donors (Lipinski definition) is 0. The molecule has 0 aliphatic heterocycles. The van der Waals surface area contributed by atoms with Gasteiger partial charge >= 0.3 is 6.09 Å². The van der Waals surface area contributed by atoms with Crippen molar-refractivity contribution < 1.29 is 14.3 Å². The summed E-state index contributed by atoms with van der Waals surface area (Å²) in [6.07, 6.45) is 8.84. The van der Waals surface area contributed by atoms with Crippen LogP contribution in [0.1, 0.15) is 58.3 Å². The van der Waals surface area contributed by atoms with Crippen LogP contribution in [0.5, 0.6) is 5.75 Å². The van der Waals surface area contributed by atoms with E-state index in [1.54, 1.807) is 29.2 Å². The van der Waals surface area contributed by atoms with Gasteiger partial charge in [-0.25, -0.2) is 4.79 Å². The highest BCUT2D eigenvalue weighted by molar-refractivity contribution is 6.30. The minimum atomic E-state index is -0.317. The maximum absolute atomic E-state index is 12.4. The number of rotatable bonds is 11. The van der Waals surface area contributed by atoms with Gasteiger partial charge in [0.25, 0.3) is 0 Å². The smallest absolute Gasteiger partial charge is 0.410 e. The first-order valence-electron chi connectivity index (χ1n) is 11.0. The Hall–Kier alpha value is -1.30. The Kier molecular flexibility index (Phi) is 10.8. The number of amides is 1. The van der Waals surface area contributed by atoms with Crippen LogP contribution in [0, 0.1) is 0 Å². The maximum Gasteiger partial charge on any atom is 0.415 e. The van der Waals surface area contributed by atoms with Crippen molar-refractivity contribution in [3.05, 3.63) is 29.3 Å². The number of unbranched alkanes of at least 4 members (excludes halogenated alkanes) is 2. The molecule has 0 bridgehead atoms. The van der Waals surface area contributed by atoms with Crippen LogP contribution in [0.15, 0.2) is 24.3 Å². The summed E-state index contributed by atoms with van der Waals surface area (Å²) in [6, 6.07) is 7.06. The van der Waals surface area contributed by atoms with Crippen molar-refractivity contribution in [1.82, 2.24) is 9.80 Å². The number of nitrogens with zero attached hydrogens (tertiary/aromatic N) is 2. The minimum absolute atomic E-state index is 0.208. The molecule has 0 heterocycles. The van der Waals surface area contributed by atoms with Gasteiger partial charge in [0.05, 0.1) is 6.10 Å². The SMILES string of the molecule is CCCCCN(C)CCCOC1CCC(N(C)C(=O)Oc2ccc(Cl)cc2)CC1. The lowest BCUT2D eigenvalue weighted by molar-refractivity contribution is 0.00898. The molecule has 0 N–H and O–H groups in total. The molecular formula is C23H37ClN2O3. The van der Waals surface area contributed by atoms with Gasteiger partial charge in [0.15, 0.2) is 0 Å². The second kappa shape index (κ2) is 13.1. The molecule has 164 valence electrons. The monoisotopic (exact) mass is 424 g/mol. The molecule has 0 atom stereocenters. The van der Waals surface area contributed by atoms with Gasteiger partial charge < -0.3 is 19.3 Å². The first kappa shape index (κ1) is 24.0. The number of hydrogen-bond acceptors (Lipinski definition) is 4. The zero-order valence-corrected chi connectivity index (χ0v) is 19.0. The molecule has 0 saturated heterocycles. The topological polar surface area (TPSA) is 42.0 Å². The van der Waals surface area contributed by atoms with Crippen molar-refractivity contribution in [3.8, 4) is 5.75 Å². The summed E-state index contributed by atoms with van der Waals surface area (Å²) in [5, 5.41) is 0.625. The summed E-state index contributed by atoms with van der Waals surface area (Å²) in [5.41, 5.74) is 0. The fraction of sp³-hybridized carbons (Fsp3) is 0.696. The zero-order chi connectivity index (χ0) is 21.1. The molecule has 0 aromatic heterocycles. The van der Waals surface area contributed by atoms with Gasteiger partial charge in [0.1, 0.15) is 5.75 Å². The number of carbonyl (C=O) groups excluding carboxylic acids is 1. The molecule has 5 nitrogen and oxygen atoms in total. The summed E-state index contributed by atoms with van der Waals surface area (Å²) < 4.78 is 11.5. The Morgan fingerprint density at radius 1 is 1.03 bits per heavy atom. The van der Waals surface area contributed by atoms with Crippen molar-refractivity contribution in [2.45, 2.75) is 70.4 Å². The van der Waals surface area contributed by atoms with Gasteiger partial charge in [-0.1, -0.05) is 31.4 Å². The standard InChI is InChI=1S/C23H37ClN2O3/c1-4-5-6-16-25(2)17-7-18-28-21-14-10-20(11-15-21)26(3)23(27)29-22-12-8-19(24)9-13-22/h8-9,12-13,20-21H,4-7,10-11,14-18H2,1-3H3. The molecule has 1 saturated carbocycles. The van der Waals surface area contributed by atoms with E-state index in [0.717, 1.165) is 45.3 Å². The van der Waals surface area contributed by atoms with Crippen LogP contribution in [0.25, 0.3) is 0 Å². The normalized spacial score (nSPS) is 19.3. The van der Waals surface area contributed by atoms with E-state index in [-0.39, 0.29) is 12.1 Å². The predicted molar refractivity (Wildman–Crippen MR) is 119 cm³/mol. The number of benzene rings is 1. The van der Waals surface area contributed by atoms with Gasteiger partial charge in [0.2, 0.25) is 0 Å². The molecule has 0 unspecified atom stereocenters. The molecule has 1 aromatic rings. The second-order valence-corrected chi connectivity index (χ2v) is 8.53. The number of carbonyl (C=O) groups is 1. The van der Waals surface area contributed by atoms with E-state index in [0.29, 0.717) is 16.9 Å². The lowest BCUT2D eigenvalue weighted by atomic mass is 9.92. The number of ether oxygens (including phenoxy) is 2. The molecule has 1 aliphatic rings. The summed E-state index contributed by atoms with van der Waals surface area (Å²) in [7, 11) is 4.01. The van der Waals surface area contributed by atoms with Crippen LogP contribution in [-0.4, -0.2) is 61.8 Å². The van der Waals surface area contributed by atoms with Crippen molar-refractivity contribution >= 4 is 17.7 Å². The van der Waals surface area contributed by atoms with Gasteiger partial charge in [0, 0.05) is 31.3 Å². The van der Waals surface area contributed by atoms with E-state index in [1.165, 1.54) is 25.8 Å². The molecule has 29 heavy (non-hydrogen) atoms. The van der Waals surface area contributed by atoms with Crippen LogP contribution < -0.4 is 4.74 Å². The van der Waals surface area contributed by atoms with E-state index in [4.69, 9.17) is 21.1 Å². The summed E-state index contributed by atoms with van der Waals surface area (Å²) in [4.78, 5) is 16.5. The third-order valence-corrected chi connectivity index (χ3v) is 5.93. The van der Waals surface area contributed by atoms with Gasteiger partial charge in [-0.3, -0.25) is 0 Å². The molecule has 6 heteroatoms. The quantitative estimate of drug-likeness (QED) is 0.433. The highest BCUT2D eigenvalue weighted by atomic mass is 35.5. The van der Waals surface area contributed by atoms with E-state index >= 15 is 0 Å². The summed E-state index contributed by atoms with van der Waals surface area (Å²) >= 11 is 5.87. The molecule has 0 spiro atoms. The average molecular weight is 425 g/mol. The Balaban J connectivity index is 1.60. The first-order chi connectivity index (χ1) is 14.0. The molecule has 2 rings (SSSR count). The lowest BCUT2D eigenvalue weighted by Crippen LogP contribution is -2.42. The van der Waals surface area contributed by atoms with Crippen molar-refractivity contribution in [3.63, 3.8) is 0 Å². The summed E-state index contributed by atoms with van der Waals surface area (Å²) in [6.45, 7) is 5.33. The molecular weight excluding hydrogens is 388 g/mol. The molecule has 1 amide bonds. The van der Waals surface area contributed by atoms with Gasteiger partial charge in [-0.15, -0.1) is 0 Å². The fourth-order valence-corrected chi connectivity index (χ4v) is 3.88. The Labute approximate surface area is 181 Å². The fourth-order valence-electron chi connectivity index (χ4n) is 3.75. The number of halogens is 1. The van der Waals surface area contributed by atoms with E-state index < -0.39 is 0 Å². The van der Waals surface area contributed by atoms with Crippen LogP contribution in [0.3, 0.4) is 0 Å². The minimum Gasteiger partial charge on any atom is -0.410 e. The molecule has 1 fully saturated rings. The van der Waals surface area contributed by atoms with Gasteiger partial charge in [-0.2, -0.15) is 0 Å². The van der Waals surface area contributed by atoms with Crippen LogP contribution in [0.4, 0.5) is 4.79 Å². The first-order valence-corrected chi connectivity index (χ1v) is 11.4. The van der Waals surface area contributed by atoms with Crippen LogP contribution >= 0.6 is 11.6 Å². The summed E-state index contributed by atoms with van der Waals surface area (Å²) in [5.74, 6) is 0.517.